The number of hydrogen-bond donors (Lipinski definition) is 3. The first-order valence-electron chi connectivity index (χ1n) is 24.4. The van der Waals surface area contributed by atoms with Crippen molar-refractivity contribution in [1.82, 2.24) is 38.2 Å². The second kappa shape index (κ2) is 35.6. The maximum absolute atomic E-state index is 13.3. The van der Waals surface area contributed by atoms with E-state index in [1.165, 1.54) is 68.3 Å². The molecule has 2 aliphatic rings. The molecule has 2 fully saturated rings. The van der Waals surface area contributed by atoms with Crippen molar-refractivity contribution in [3.63, 3.8) is 0 Å². The molecule has 3 N–H and O–H groups in total. The summed E-state index contributed by atoms with van der Waals surface area (Å²) in [7, 11) is -4.51. The van der Waals surface area contributed by atoms with Crippen LogP contribution in [0.15, 0.2) is 67.5 Å². The number of likely N-dealkylation sites (tertiary alicyclic amines) is 2. The van der Waals surface area contributed by atoms with Gasteiger partial charge in [-0.2, -0.15) is 10.5 Å². The maximum Gasteiger partial charge on any atom is 0.353 e. The van der Waals surface area contributed by atoms with Crippen molar-refractivity contribution in [2.75, 3.05) is 54.7 Å². The van der Waals surface area contributed by atoms with Crippen molar-refractivity contribution < 1.29 is 55.5 Å². The number of aliphatic hydroxyl groups excluding tert-OH is 1. The van der Waals surface area contributed by atoms with Gasteiger partial charge in [-0.3, -0.25) is 47.4 Å². The molecule has 0 saturated carbocycles. The molecule has 2 aromatic rings. The van der Waals surface area contributed by atoms with Gasteiger partial charge >= 0.3 is 26.6 Å². The molecule has 78 heavy (non-hydrogen) atoms. The quantitative estimate of drug-likeness (QED) is 0.0674. The number of aliphatic hydroxyl groups is 1. The first-order chi connectivity index (χ1) is 36.2. The first kappa shape index (κ1) is 72.0. The van der Waals surface area contributed by atoms with Crippen LogP contribution in [0.4, 0.5) is 0 Å². The highest BCUT2D eigenvalue weighted by Crippen LogP contribution is 2.51. The van der Waals surface area contributed by atoms with Crippen LogP contribution in [-0.2, 0) is 63.5 Å². The minimum Gasteiger partial charge on any atom is -0.391 e. The topological polar surface area (TPSA) is 323 Å². The molecule has 2 amide bonds. The molecule has 0 spiro atoms. The van der Waals surface area contributed by atoms with Crippen LogP contribution in [0, 0.1) is 22.7 Å². The number of hydrogen-bond acceptors (Lipinski definition) is 20. The highest BCUT2D eigenvalue weighted by atomic mass is 35.7. The normalized spacial score (nSPS) is 18.5. The summed E-state index contributed by atoms with van der Waals surface area (Å²) in [5.74, 6) is 1.71. The van der Waals surface area contributed by atoms with Gasteiger partial charge in [0.05, 0.1) is 62.5 Å². The van der Waals surface area contributed by atoms with E-state index in [2.05, 4.69) is 53.1 Å². The third-order valence-electron chi connectivity index (χ3n) is 11.2. The molecule has 6 atom stereocenters. The summed E-state index contributed by atoms with van der Waals surface area (Å²) in [6, 6.07) is 6.26. The molecule has 0 bridgehead atoms. The first-order valence-corrected chi connectivity index (χ1v) is 30.9. The van der Waals surface area contributed by atoms with Gasteiger partial charge in [0.2, 0.25) is 19.5 Å². The number of β-amino-alcohol motifs (C(OH)–C–C–N with tert-alkyl or cyclic N) is 1. The highest BCUT2D eigenvalue weighted by Gasteiger charge is 2.39. The number of aromatic amines is 2. The highest BCUT2D eigenvalue weighted by molar-refractivity contribution is 7.78. The Labute approximate surface area is 463 Å². The Kier molecular flexibility index (Phi) is 32.9. The molecule has 31 heteroatoms. The fraction of sp³-hybridized carbons (Fsp3) is 0.660. The van der Waals surface area contributed by atoms with Gasteiger partial charge in [-0.05, 0) is 79.5 Å². The van der Waals surface area contributed by atoms with E-state index in [4.69, 9.17) is 53.4 Å². The molecule has 0 aromatic carbocycles. The van der Waals surface area contributed by atoms with Crippen molar-refractivity contribution in [2.24, 2.45) is 0 Å². The smallest absolute Gasteiger partial charge is 0.353 e. The third kappa shape index (κ3) is 23.6. The van der Waals surface area contributed by atoms with Gasteiger partial charge in [0.25, 0.3) is 19.6 Å². The number of H-pyrrole nitrogens is 2. The number of nitrogens with one attached hydrogen (secondary N) is 2. The fourth-order valence-corrected chi connectivity index (χ4v) is 13.4. The lowest BCUT2D eigenvalue weighted by Gasteiger charge is -2.36. The zero-order chi connectivity index (χ0) is 58.2. The summed E-state index contributed by atoms with van der Waals surface area (Å²) in [6.07, 6.45) is 5.58. The van der Waals surface area contributed by atoms with Gasteiger partial charge < -0.3 is 46.6 Å². The van der Waals surface area contributed by atoms with E-state index >= 15 is 0 Å². The number of halogens is 1. The molecule has 440 valence electrons. The third-order valence-corrected chi connectivity index (χ3v) is 19.0. The Balaban J connectivity index is 0.000000651. The summed E-state index contributed by atoms with van der Waals surface area (Å²) in [6.45, 7) is 16.7. The van der Waals surface area contributed by atoms with E-state index in [-0.39, 0.29) is 65.1 Å². The van der Waals surface area contributed by atoms with E-state index < -0.39 is 90.0 Å². The minimum absolute atomic E-state index is 0. The molecule has 26 nitrogen and oxygen atoms in total. The summed E-state index contributed by atoms with van der Waals surface area (Å²) in [5.41, 5.74) is -2.52. The van der Waals surface area contributed by atoms with Crippen LogP contribution in [0.3, 0.4) is 0 Å². The number of carbonyl (C=O) groups excluding carboxylic acids is 2. The van der Waals surface area contributed by atoms with Crippen molar-refractivity contribution in [2.45, 2.75) is 150 Å². The molecule has 2 aliphatic heterocycles. The fourth-order valence-electron chi connectivity index (χ4n) is 7.71. The van der Waals surface area contributed by atoms with Crippen LogP contribution < -0.4 is 22.5 Å². The second-order valence-corrected chi connectivity index (χ2v) is 25.8. The Morgan fingerprint density at radius 2 is 1.12 bits per heavy atom. The number of aromatic nitrogens is 4. The molecule has 4 rings (SSSR count). The Morgan fingerprint density at radius 1 is 0.718 bits per heavy atom. The Hall–Kier alpha value is -4.03. The predicted octanol–water partition coefficient (Wildman–Crippen LogP) is 6.43. The number of amides is 2. The standard InChI is InChI=1S/C23H37N5O8P2.C14H20N3O7P.C9H18ClN2OP.CH4/c1-17(2)28(18(3)4)37(35-12-7-10-24)36-20-14-19(9-13-38(32,33-5)34-6)27(15-20)22(30)16-26-11-8-21(29)25-23(26)31;1-23-25(22,24-2)6-4-10-7-11(18)8-17(10)13(20)9-16-5-3-12(19)15-14(16)21;1-8(2)12(9(3)4)14(10)13-7-5-6-11;/h8-9,11,13,17-20H,7,12,14-16H2,1-6H3,(H,25,29,31);3-6,10-11,18H,7-9H2,1-2H3,(H,15,19,21);8-9H,5,7H2,1-4H3;1H4/b13-9+;6-4+;;/t19-,20-,37?;10-,11-;;/m11../s1. The predicted molar refractivity (Wildman–Crippen MR) is 298 cm³/mol. The zero-order valence-corrected chi connectivity index (χ0v) is 50.0. The maximum atomic E-state index is 13.3. The molecule has 0 aliphatic carbocycles. The van der Waals surface area contributed by atoms with E-state index in [1.54, 1.807) is 6.08 Å². The second-order valence-electron chi connectivity index (χ2n) is 18.1. The SMILES string of the molecule is C.CC(C)N(C(C)C)P(Cl)OCCC#N.COP(=O)(/C=C/[C@@H]1C[C@@H](O)CN1C(=O)Cn1ccc(=O)[nH]c1=O)OC.COP(=O)(/C=C/[C@@H]1C[C@@H](OP(OCCC#N)N(C(C)C)C(C)C)CN1C(=O)Cn1ccc(=O)[nH]c1=O)OC. The van der Waals surface area contributed by atoms with Gasteiger partial charge in [-0.1, -0.05) is 19.6 Å². The number of nitriles is 2. The minimum atomic E-state index is -3.49. The van der Waals surface area contributed by atoms with E-state index in [1.807, 2.05) is 33.8 Å². The zero-order valence-electron chi connectivity index (χ0n) is 45.6. The molecule has 2 saturated heterocycles. The summed E-state index contributed by atoms with van der Waals surface area (Å²) < 4.78 is 68.4. The number of nitrogens with zero attached hydrogens (tertiary/aromatic N) is 8. The molecule has 2 unspecified atom stereocenters. The average Bonchev–Trinajstić information content (AvgIpc) is 3.96. The molecule has 2 aromatic heterocycles. The van der Waals surface area contributed by atoms with E-state index in [0.29, 0.717) is 31.5 Å². The van der Waals surface area contributed by atoms with Gasteiger partial charge in [0.1, 0.15) is 13.1 Å². The summed E-state index contributed by atoms with van der Waals surface area (Å²) in [4.78, 5) is 79.1. The molecular weight excluding hydrogens is 1120 g/mol. The van der Waals surface area contributed by atoms with Gasteiger partial charge in [0, 0.05) is 102 Å². The number of rotatable bonds is 26. The van der Waals surface area contributed by atoms with Crippen molar-refractivity contribution in [1.29, 1.82) is 10.5 Å². The Morgan fingerprint density at radius 3 is 1.50 bits per heavy atom. The van der Waals surface area contributed by atoms with Crippen LogP contribution >= 0.6 is 42.6 Å². The van der Waals surface area contributed by atoms with Crippen LogP contribution in [-0.4, -0.2) is 158 Å². The van der Waals surface area contributed by atoms with Gasteiger partial charge in [-0.25, -0.2) is 18.9 Å². The van der Waals surface area contributed by atoms with Crippen molar-refractivity contribution >= 4 is 54.4 Å². The largest absolute Gasteiger partial charge is 0.391 e. The molecular formula is C47H79ClN10O16P4. The van der Waals surface area contributed by atoms with Crippen LogP contribution in [0.5, 0.6) is 0 Å². The van der Waals surface area contributed by atoms with Crippen LogP contribution in [0.1, 0.15) is 88.5 Å². The summed E-state index contributed by atoms with van der Waals surface area (Å²) in [5, 5.41) is 27.2. The molecule has 0 radical (unpaired) electrons. The van der Waals surface area contributed by atoms with Crippen LogP contribution in [0.25, 0.3) is 0 Å². The summed E-state index contributed by atoms with van der Waals surface area (Å²) >= 11 is 6.13. The lowest BCUT2D eigenvalue weighted by molar-refractivity contribution is -0.133. The number of carbonyl (C=O) groups is 2. The van der Waals surface area contributed by atoms with Gasteiger partial charge in [0.15, 0.2) is 0 Å². The molecule has 4 heterocycles. The van der Waals surface area contributed by atoms with Crippen molar-refractivity contribution in [3.8, 4) is 12.1 Å². The average molecular weight is 1200 g/mol. The Bertz CT molecular complexity index is 2640. The van der Waals surface area contributed by atoms with Crippen LogP contribution in [0.2, 0.25) is 0 Å². The lowest BCUT2D eigenvalue weighted by atomic mass is 10.2. The van der Waals surface area contributed by atoms with Crippen molar-refractivity contribution in [3.05, 3.63) is 90.0 Å². The van der Waals surface area contributed by atoms with Gasteiger partial charge in [-0.15, -0.1) is 0 Å². The van der Waals surface area contributed by atoms with E-state index in [9.17, 15) is 43.0 Å². The lowest BCUT2D eigenvalue weighted by Crippen LogP contribution is -2.40. The van der Waals surface area contributed by atoms with E-state index in [0.717, 1.165) is 21.3 Å². The monoisotopic (exact) mass is 1200 g/mol.